The van der Waals surface area contributed by atoms with Crippen LogP contribution in [0.1, 0.15) is 0 Å². The van der Waals surface area contributed by atoms with E-state index >= 15 is 0 Å². The Balaban J connectivity index is 2.21. The maximum Gasteiger partial charge on any atom is 0.231 e. The average Bonchev–Trinajstić information content (AvgIpc) is 2.98. The van der Waals surface area contributed by atoms with E-state index in [-0.39, 0.29) is 6.79 Å². The lowest BCUT2D eigenvalue weighted by Gasteiger charge is -2.05. The van der Waals surface area contributed by atoms with Gasteiger partial charge in [-0.3, -0.25) is 0 Å². The number of aromatic nitrogens is 1. The maximum atomic E-state index is 14.0. The number of hydrogen-bond acceptors (Lipinski definition) is 3. The molecular formula is C14H9F2NO3. The molecule has 1 aliphatic heterocycles. The van der Waals surface area contributed by atoms with Crippen LogP contribution in [0.25, 0.3) is 21.8 Å². The van der Waals surface area contributed by atoms with Crippen molar-refractivity contribution in [3.8, 4) is 17.2 Å². The quantitative estimate of drug-likeness (QED) is 0.742. The van der Waals surface area contributed by atoms with Crippen LogP contribution in [-0.4, -0.2) is 18.9 Å². The van der Waals surface area contributed by atoms with Crippen LogP contribution in [0, 0.1) is 11.6 Å². The van der Waals surface area contributed by atoms with E-state index in [0.29, 0.717) is 39.1 Å². The van der Waals surface area contributed by atoms with Crippen molar-refractivity contribution in [2.24, 2.45) is 0 Å². The highest BCUT2D eigenvalue weighted by Gasteiger charge is 2.25. The SMILES string of the molecule is COc1c2c(cc3c1[nH]c1cc(F)cc(F)c13)OCO2. The first-order valence-electron chi connectivity index (χ1n) is 5.96. The van der Waals surface area contributed by atoms with E-state index in [1.807, 2.05) is 0 Å². The highest BCUT2D eigenvalue weighted by atomic mass is 19.1. The van der Waals surface area contributed by atoms with Crippen LogP contribution < -0.4 is 14.2 Å². The van der Waals surface area contributed by atoms with E-state index in [0.717, 1.165) is 6.07 Å². The summed E-state index contributed by atoms with van der Waals surface area (Å²) in [5.41, 5.74) is 0.913. The van der Waals surface area contributed by atoms with Crippen molar-refractivity contribution in [3.05, 3.63) is 29.8 Å². The minimum absolute atomic E-state index is 0.0906. The van der Waals surface area contributed by atoms with E-state index in [4.69, 9.17) is 14.2 Å². The van der Waals surface area contributed by atoms with Crippen LogP contribution in [0.3, 0.4) is 0 Å². The van der Waals surface area contributed by atoms with E-state index in [9.17, 15) is 8.78 Å². The Labute approximate surface area is 111 Å². The first kappa shape index (κ1) is 11.3. The summed E-state index contributed by atoms with van der Waals surface area (Å²) in [7, 11) is 1.49. The molecule has 0 saturated heterocycles. The summed E-state index contributed by atoms with van der Waals surface area (Å²) in [5, 5.41) is 0.872. The van der Waals surface area contributed by atoms with Gasteiger partial charge in [0.1, 0.15) is 11.6 Å². The smallest absolute Gasteiger partial charge is 0.231 e. The van der Waals surface area contributed by atoms with Crippen molar-refractivity contribution in [1.29, 1.82) is 0 Å². The van der Waals surface area contributed by atoms with Gasteiger partial charge in [0.25, 0.3) is 0 Å². The predicted molar refractivity (Wildman–Crippen MR) is 68.4 cm³/mol. The van der Waals surface area contributed by atoms with Crippen molar-refractivity contribution in [2.75, 3.05) is 13.9 Å². The zero-order valence-electron chi connectivity index (χ0n) is 10.4. The van der Waals surface area contributed by atoms with Crippen LogP contribution in [0.15, 0.2) is 18.2 Å². The summed E-state index contributed by atoms with van der Waals surface area (Å²) in [6.07, 6.45) is 0. The second kappa shape index (κ2) is 3.75. The second-order valence-corrected chi connectivity index (χ2v) is 4.50. The molecule has 20 heavy (non-hydrogen) atoms. The normalized spacial score (nSPS) is 13.3. The summed E-state index contributed by atoms with van der Waals surface area (Å²) >= 11 is 0. The number of rotatable bonds is 1. The zero-order chi connectivity index (χ0) is 13.9. The molecule has 0 bridgehead atoms. The maximum absolute atomic E-state index is 14.0. The molecule has 0 atom stereocenters. The van der Waals surface area contributed by atoms with Gasteiger partial charge in [0.15, 0.2) is 11.5 Å². The van der Waals surface area contributed by atoms with Gasteiger partial charge >= 0.3 is 0 Å². The summed E-state index contributed by atoms with van der Waals surface area (Å²) < 4.78 is 43.3. The fourth-order valence-corrected chi connectivity index (χ4v) is 2.61. The largest absolute Gasteiger partial charge is 0.491 e. The van der Waals surface area contributed by atoms with Crippen molar-refractivity contribution >= 4 is 21.8 Å². The van der Waals surface area contributed by atoms with Gasteiger partial charge in [-0.15, -0.1) is 0 Å². The van der Waals surface area contributed by atoms with Crippen molar-refractivity contribution in [2.45, 2.75) is 0 Å². The fourth-order valence-electron chi connectivity index (χ4n) is 2.61. The zero-order valence-corrected chi connectivity index (χ0v) is 10.4. The van der Waals surface area contributed by atoms with Gasteiger partial charge in [0.2, 0.25) is 12.5 Å². The average molecular weight is 277 g/mol. The summed E-state index contributed by atoms with van der Waals surface area (Å²) in [4.78, 5) is 2.97. The Kier molecular flexibility index (Phi) is 2.13. The fraction of sp³-hybridized carbons (Fsp3) is 0.143. The molecule has 1 aliphatic rings. The second-order valence-electron chi connectivity index (χ2n) is 4.50. The van der Waals surface area contributed by atoms with Crippen molar-refractivity contribution in [3.63, 3.8) is 0 Å². The van der Waals surface area contributed by atoms with Crippen LogP contribution in [0.5, 0.6) is 17.2 Å². The monoisotopic (exact) mass is 277 g/mol. The molecule has 0 spiro atoms. The Hall–Kier alpha value is -2.50. The lowest BCUT2D eigenvalue weighted by molar-refractivity contribution is 0.171. The third kappa shape index (κ3) is 1.33. The van der Waals surface area contributed by atoms with E-state index in [2.05, 4.69) is 4.98 Å². The van der Waals surface area contributed by atoms with Crippen LogP contribution in [-0.2, 0) is 0 Å². The lowest BCUT2D eigenvalue weighted by Crippen LogP contribution is -1.94. The van der Waals surface area contributed by atoms with Crippen molar-refractivity contribution < 1.29 is 23.0 Å². The summed E-state index contributed by atoms with van der Waals surface area (Å²) in [6, 6.07) is 3.76. The number of nitrogens with one attached hydrogen (secondary N) is 1. The number of fused-ring (bicyclic) bond motifs is 4. The number of H-pyrrole nitrogens is 1. The third-order valence-electron chi connectivity index (χ3n) is 3.41. The molecule has 102 valence electrons. The molecule has 0 aliphatic carbocycles. The lowest BCUT2D eigenvalue weighted by atomic mass is 10.1. The Morgan fingerprint density at radius 1 is 1.20 bits per heavy atom. The number of halogens is 2. The molecule has 1 aromatic heterocycles. The third-order valence-corrected chi connectivity index (χ3v) is 3.41. The summed E-state index contributed by atoms with van der Waals surface area (Å²) in [6.45, 7) is 0.0906. The molecule has 0 fully saturated rings. The van der Waals surface area contributed by atoms with Gasteiger partial charge in [-0.2, -0.15) is 0 Å². The Bertz CT molecular complexity index is 857. The van der Waals surface area contributed by atoms with Crippen molar-refractivity contribution in [1.82, 2.24) is 4.98 Å². The number of ether oxygens (including phenoxy) is 3. The highest BCUT2D eigenvalue weighted by Crippen LogP contribution is 2.47. The number of methoxy groups -OCH3 is 1. The molecule has 0 amide bonds. The molecule has 2 heterocycles. The van der Waals surface area contributed by atoms with E-state index in [1.54, 1.807) is 6.07 Å². The number of benzene rings is 2. The molecule has 3 aromatic rings. The minimum atomic E-state index is -0.638. The van der Waals surface area contributed by atoms with Gasteiger partial charge in [0, 0.05) is 16.8 Å². The van der Waals surface area contributed by atoms with Crippen LogP contribution >= 0.6 is 0 Å². The summed E-state index contributed by atoms with van der Waals surface area (Å²) in [5.74, 6) is 0.102. The molecule has 2 aromatic carbocycles. The first-order chi connectivity index (χ1) is 9.69. The van der Waals surface area contributed by atoms with Gasteiger partial charge in [-0.05, 0) is 12.1 Å². The Morgan fingerprint density at radius 2 is 2.05 bits per heavy atom. The van der Waals surface area contributed by atoms with Gasteiger partial charge in [-0.1, -0.05) is 0 Å². The Morgan fingerprint density at radius 3 is 2.85 bits per heavy atom. The highest BCUT2D eigenvalue weighted by molar-refractivity contribution is 6.11. The molecule has 4 nitrogen and oxygen atoms in total. The molecule has 1 N–H and O–H groups in total. The van der Waals surface area contributed by atoms with Gasteiger partial charge in [0.05, 0.1) is 18.1 Å². The molecule has 0 saturated carbocycles. The molecular weight excluding hydrogens is 268 g/mol. The first-order valence-corrected chi connectivity index (χ1v) is 5.96. The van der Waals surface area contributed by atoms with Gasteiger partial charge < -0.3 is 19.2 Å². The topological polar surface area (TPSA) is 43.5 Å². The number of aromatic amines is 1. The molecule has 0 radical (unpaired) electrons. The predicted octanol–water partition coefficient (Wildman–Crippen LogP) is 3.34. The van der Waals surface area contributed by atoms with Gasteiger partial charge in [-0.25, -0.2) is 8.78 Å². The van der Waals surface area contributed by atoms with E-state index < -0.39 is 11.6 Å². The molecule has 0 unspecified atom stereocenters. The van der Waals surface area contributed by atoms with Crippen LogP contribution in [0.2, 0.25) is 0 Å². The standard InChI is InChI=1S/C14H9F2NO3/c1-18-14-12-7(4-10-13(14)20-5-19-10)11-8(16)2-6(15)3-9(11)17-12/h2-4,17H,5H2,1H3. The van der Waals surface area contributed by atoms with E-state index in [1.165, 1.54) is 13.2 Å². The molecule has 6 heteroatoms. The minimum Gasteiger partial charge on any atom is -0.491 e. The number of hydrogen-bond donors (Lipinski definition) is 1. The van der Waals surface area contributed by atoms with Crippen LogP contribution in [0.4, 0.5) is 8.78 Å². The molecule has 4 rings (SSSR count).